The third-order valence-corrected chi connectivity index (χ3v) is 5.33. The van der Waals surface area contributed by atoms with E-state index >= 15 is 0 Å². The number of rotatable bonds is 8. The number of amides is 2. The van der Waals surface area contributed by atoms with Gasteiger partial charge in [0.15, 0.2) is 0 Å². The predicted molar refractivity (Wildman–Crippen MR) is 115 cm³/mol. The molecule has 1 N–H and O–H groups in total. The van der Waals surface area contributed by atoms with Crippen molar-refractivity contribution in [3.63, 3.8) is 0 Å². The highest BCUT2D eigenvalue weighted by Crippen LogP contribution is 2.24. The zero-order chi connectivity index (χ0) is 20.7. The monoisotopic (exact) mass is 440 g/mol. The van der Waals surface area contributed by atoms with Crippen LogP contribution < -0.4 is 5.32 Å². The van der Waals surface area contributed by atoms with Crippen LogP contribution in [0, 0.1) is 0 Å². The summed E-state index contributed by atoms with van der Waals surface area (Å²) >= 11 is 18.0. The fourth-order valence-electron chi connectivity index (χ4n) is 2.92. The fraction of sp³-hybridized carbons (Fsp3) is 0.333. The van der Waals surface area contributed by atoms with Gasteiger partial charge in [-0.15, -0.1) is 0 Å². The number of hydrogen-bond acceptors (Lipinski definition) is 2. The van der Waals surface area contributed by atoms with Crippen LogP contribution in [0.15, 0.2) is 42.5 Å². The Bertz CT molecular complexity index is 825. The molecule has 2 rings (SSSR count). The van der Waals surface area contributed by atoms with E-state index in [1.165, 1.54) is 0 Å². The van der Waals surface area contributed by atoms with Gasteiger partial charge in [-0.1, -0.05) is 59.9 Å². The fourth-order valence-corrected chi connectivity index (χ4v) is 3.37. The van der Waals surface area contributed by atoms with E-state index < -0.39 is 6.04 Å². The average molecular weight is 442 g/mol. The molecule has 0 heterocycles. The maximum Gasteiger partial charge on any atom is 0.242 e. The first-order valence-corrected chi connectivity index (χ1v) is 10.2. The van der Waals surface area contributed by atoms with E-state index in [9.17, 15) is 9.59 Å². The number of hydrogen-bond donors (Lipinski definition) is 1. The van der Waals surface area contributed by atoms with Crippen molar-refractivity contribution in [2.45, 2.75) is 39.3 Å². The van der Waals surface area contributed by atoms with E-state index in [0.717, 1.165) is 11.1 Å². The smallest absolute Gasteiger partial charge is 0.242 e. The second kappa shape index (κ2) is 10.7. The first-order valence-electron chi connectivity index (χ1n) is 9.11. The zero-order valence-corrected chi connectivity index (χ0v) is 18.1. The molecule has 0 unspecified atom stereocenters. The highest BCUT2D eigenvalue weighted by molar-refractivity contribution is 6.42. The van der Waals surface area contributed by atoms with Crippen molar-refractivity contribution in [2.75, 3.05) is 6.54 Å². The van der Waals surface area contributed by atoms with Crippen molar-refractivity contribution in [2.24, 2.45) is 0 Å². The van der Waals surface area contributed by atoms with Crippen LogP contribution in [0.5, 0.6) is 0 Å². The lowest BCUT2D eigenvalue weighted by Gasteiger charge is -2.30. The summed E-state index contributed by atoms with van der Waals surface area (Å²) in [5, 5.41) is 4.26. The largest absolute Gasteiger partial charge is 0.355 e. The summed E-state index contributed by atoms with van der Waals surface area (Å²) in [6.07, 6.45) is 0.632. The van der Waals surface area contributed by atoms with Crippen LogP contribution in [-0.2, 0) is 22.6 Å². The van der Waals surface area contributed by atoms with Crippen LogP contribution in [-0.4, -0.2) is 29.3 Å². The van der Waals surface area contributed by atoms with Crippen LogP contribution in [0.25, 0.3) is 0 Å². The van der Waals surface area contributed by atoms with Gasteiger partial charge < -0.3 is 10.2 Å². The number of likely N-dealkylation sites (N-methyl/N-ethyl adjacent to an activating group) is 1. The first kappa shape index (κ1) is 22.5. The minimum atomic E-state index is -0.564. The highest BCUT2D eigenvalue weighted by atomic mass is 35.5. The molecule has 0 aliphatic heterocycles. The van der Waals surface area contributed by atoms with Crippen LogP contribution in [0.1, 0.15) is 31.4 Å². The Labute approximate surface area is 180 Å². The number of carbonyl (C=O) groups is 2. The van der Waals surface area contributed by atoms with E-state index in [2.05, 4.69) is 5.32 Å². The van der Waals surface area contributed by atoms with Gasteiger partial charge in [0, 0.05) is 18.1 Å². The molecule has 0 aliphatic rings. The molecule has 0 aromatic heterocycles. The van der Waals surface area contributed by atoms with Gasteiger partial charge in [-0.2, -0.15) is 0 Å². The third kappa shape index (κ3) is 6.13. The number of nitrogens with one attached hydrogen (secondary N) is 1. The lowest BCUT2D eigenvalue weighted by Crippen LogP contribution is -2.49. The number of benzene rings is 2. The van der Waals surface area contributed by atoms with Gasteiger partial charge in [0.25, 0.3) is 0 Å². The van der Waals surface area contributed by atoms with Crippen molar-refractivity contribution >= 4 is 46.6 Å². The minimum absolute atomic E-state index is 0.125. The second-order valence-electron chi connectivity index (χ2n) is 6.39. The maximum atomic E-state index is 13.1. The van der Waals surface area contributed by atoms with Gasteiger partial charge in [0.05, 0.1) is 16.5 Å². The molecule has 0 spiro atoms. The van der Waals surface area contributed by atoms with Gasteiger partial charge in [-0.05, 0) is 48.7 Å². The molecule has 150 valence electrons. The van der Waals surface area contributed by atoms with Crippen molar-refractivity contribution < 1.29 is 9.59 Å². The molecular formula is C21H23Cl3N2O2. The summed E-state index contributed by atoms with van der Waals surface area (Å²) in [6, 6.07) is 11.8. The summed E-state index contributed by atoms with van der Waals surface area (Å²) in [4.78, 5) is 27.3. The molecule has 2 aromatic rings. The second-order valence-corrected chi connectivity index (χ2v) is 7.64. The van der Waals surface area contributed by atoms with Crippen LogP contribution in [0.2, 0.25) is 15.1 Å². The molecule has 0 fully saturated rings. The Morgan fingerprint density at radius 1 is 0.964 bits per heavy atom. The Hall–Kier alpha value is -1.75. The minimum Gasteiger partial charge on any atom is -0.355 e. The molecule has 4 nitrogen and oxygen atoms in total. The average Bonchev–Trinajstić information content (AvgIpc) is 2.66. The van der Waals surface area contributed by atoms with E-state index in [4.69, 9.17) is 34.8 Å². The van der Waals surface area contributed by atoms with Gasteiger partial charge in [-0.3, -0.25) is 9.59 Å². The normalized spacial score (nSPS) is 11.8. The molecule has 28 heavy (non-hydrogen) atoms. The molecular weight excluding hydrogens is 419 g/mol. The Balaban J connectivity index is 2.28. The third-order valence-electron chi connectivity index (χ3n) is 4.34. The first-order chi connectivity index (χ1) is 13.3. The van der Waals surface area contributed by atoms with Crippen molar-refractivity contribution in [1.29, 1.82) is 0 Å². The van der Waals surface area contributed by atoms with Gasteiger partial charge in [-0.25, -0.2) is 0 Å². The summed E-state index contributed by atoms with van der Waals surface area (Å²) in [5.74, 6) is -0.326. The summed E-state index contributed by atoms with van der Waals surface area (Å²) in [6.45, 7) is 4.56. The maximum absolute atomic E-state index is 13.1. The van der Waals surface area contributed by atoms with Crippen molar-refractivity contribution in [1.82, 2.24) is 10.2 Å². The molecule has 0 saturated heterocycles. The predicted octanol–water partition coefficient (Wildman–Crippen LogP) is 5.13. The van der Waals surface area contributed by atoms with E-state index in [0.29, 0.717) is 34.6 Å². The van der Waals surface area contributed by atoms with E-state index in [-0.39, 0.29) is 18.2 Å². The Kier molecular flexibility index (Phi) is 8.61. The quantitative estimate of drug-likeness (QED) is 0.617. The molecule has 0 saturated carbocycles. The Morgan fingerprint density at radius 2 is 1.61 bits per heavy atom. The van der Waals surface area contributed by atoms with Gasteiger partial charge in [0.2, 0.25) is 11.8 Å². The lowest BCUT2D eigenvalue weighted by atomic mass is 10.1. The number of carbonyl (C=O) groups excluding carboxylic acids is 2. The molecule has 7 heteroatoms. The topological polar surface area (TPSA) is 49.4 Å². The highest BCUT2D eigenvalue weighted by Gasteiger charge is 2.28. The van der Waals surface area contributed by atoms with Crippen LogP contribution in [0.4, 0.5) is 0 Å². The number of nitrogens with zero attached hydrogens (tertiary/aromatic N) is 1. The Morgan fingerprint density at radius 3 is 2.18 bits per heavy atom. The lowest BCUT2D eigenvalue weighted by molar-refractivity contribution is -0.140. The van der Waals surface area contributed by atoms with Crippen molar-refractivity contribution in [3.8, 4) is 0 Å². The molecule has 1 atom stereocenters. The summed E-state index contributed by atoms with van der Waals surface area (Å²) < 4.78 is 0. The molecule has 0 radical (unpaired) electrons. The van der Waals surface area contributed by atoms with Gasteiger partial charge >= 0.3 is 0 Å². The van der Waals surface area contributed by atoms with Gasteiger partial charge in [0.1, 0.15) is 6.04 Å². The molecule has 0 aliphatic carbocycles. The number of halogens is 3. The van der Waals surface area contributed by atoms with Crippen LogP contribution in [0.3, 0.4) is 0 Å². The van der Waals surface area contributed by atoms with Crippen molar-refractivity contribution in [3.05, 3.63) is 68.7 Å². The summed E-state index contributed by atoms with van der Waals surface area (Å²) in [5.41, 5.74) is 1.64. The standard InChI is InChI=1S/C21H23Cl3N2O2/c1-3-19(21(28)25-4-2)26(13-14-5-8-16(22)9-6-14)20(27)12-15-7-10-17(23)18(24)11-15/h5-11,19H,3-4,12-13H2,1-2H3,(H,25,28)/t19-/m1/s1. The SMILES string of the molecule is CCNC(=O)[C@@H](CC)N(Cc1ccc(Cl)cc1)C(=O)Cc1ccc(Cl)c(Cl)c1. The van der Waals surface area contributed by atoms with E-state index in [1.54, 1.807) is 35.2 Å². The molecule has 2 aromatic carbocycles. The van der Waals surface area contributed by atoms with Crippen LogP contribution >= 0.6 is 34.8 Å². The molecule has 2 amide bonds. The summed E-state index contributed by atoms with van der Waals surface area (Å²) in [7, 11) is 0. The molecule has 0 bridgehead atoms. The van der Waals surface area contributed by atoms with E-state index in [1.807, 2.05) is 26.0 Å². The zero-order valence-electron chi connectivity index (χ0n) is 15.8.